The number of nitrogens with one attached hydrogen (secondary N) is 1. The number of aliphatic hydroxyl groups is 1. The van der Waals surface area contributed by atoms with Gasteiger partial charge in [-0.05, 0) is 44.1 Å². The highest BCUT2D eigenvalue weighted by molar-refractivity contribution is 5.85. The van der Waals surface area contributed by atoms with Crippen LogP contribution in [0.25, 0.3) is 10.9 Å². The van der Waals surface area contributed by atoms with Crippen LogP contribution in [-0.2, 0) is 0 Å². The quantitative estimate of drug-likeness (QED) is 0.901. The molecule has 1 atom stereocenters. The van der Waals surface area contributed by atoms with Crippen molar-refractivity contribution in [3.8, 4) is 5.75 Å². The van der Waals surface area contributed by atoms with E-state index >= 15 is 0 Å². The maximum atomic E-state index is 10.5. The predicted octanol–water partition coefficient (Wildman–Crippen LogP) is 2.70. The molecule has 1 aromatic carbocycles. The van der Waals surface area contributed by atoms with E-state index < -0.39 is 6.10 Å². The van der Waals surface area contributed by atoms with Gasteiger partial charge in [-0.3, -0.25) is 0 Å². The number of aliphatic hydroxyl groups excluding tert-OH is 1. The van der Waals surface area contributed by atoms with Gasteiger partial charge in [-0.1, -0.05) is 6.42 Å². The highest BCUT2D eigenvalue weighted by Crippen LogP contribution is 2.28. The number of piperidine rings is 1. The number of hydrogen-bond donors (Lipinski definition) is 2. The molecule has 0 aliphatic carbocycles. The zero-order chi connectivity index (χ0) is 13.9. The fraction of sp³-hybridized carbons (Fsp3) is 0.500. The van der Waals surface area contributed by atoms with E-state index in [4.69, 9.17) is 4.74 Å². The maximum absolute atomic E-state index is 10.5. The second-order valence-corrected chi connectivity index (χ2v) is 5.53. The van der Waals surface area contributed by atoms with Crippen molar-refractivity contribution < 1.29 is 9.84 Å². The number of H-pyrrole nitrogens is 1. The van der Waals surface area contributed by atoms with Crippen molar-refractivity contribution in [2.24, 2.45) is 0 Å². The summed E-state index contributed by atoms with van der Waals surface area (Å²) in [5.41, 5.74) is 2.00. The number of ether oxygens (including phenoxy) is 1. The molecule has 2 aromatic rings. The number of β-amino-alcohol motifs (C(OH)–C–C–N with tert-alkyl or cyclic N) is 1. The standard InChI is InChI=1S/C16H22N2O2/c1-20-12-5-6-15-13(9-12)14(10-17-15)16(19)11-18-7-3-2-4-8-18/h5-6,9-10,16-17,19H,2-4,7-8,11H2,1H3/t16-/m1/s1. The van der Waals surface area contributed by atoms with Gasteiger partial charge in [0.05, 0.1) is 13.2 Å². The zero-order valence-electron chi connectivity index (χ0n) is 11.9. The molecule has 1 fully saturated rings. The van der Waals surface area contributed by atoms with Gasteiger partial charge in [0.15, 0.2) is 0 Å². The fourth-order valence-electron chi connectivity index (χ4n) is 3.01. The van der Waals surface area contributed by atoms with Crippen LogP contribution >= 0.6 is 0 Å². The van der Waals surface area contributed by atoms with Crippen molar-refractivity contribution in [2.45, 2.75) is 25.4 Å². The molecule has 0 radical (unpaired) electrons. The minimum Gasteiger partial charge on any atom is -0.497 e. The molecule has 0 bridgehead atoms. The molecule has 108 valence electrons. The summed E-state index contributed by atoms with van der Waals surface area (Å²) in [7, 11) is 1.66. The summed E-state index contributed by atoms with van der Waals surface area (Å²) in [4.78, 5) is 5.58. The summed E-state index contributed by atoms with van der Waals surface area (Å²) in [5.74, 6) is 0.823. The number of fused-ring (bicyclic) bond motifs is 1. The summed E-state index contributed by atoms with van der Waals surface area (Å²) >= 11 is 0. The minimum atomic E-state index is -0.450. The number of aromatic amines is 1. The van der Waals surface area contributed by atoms with E-state index in [1.807, 2.05) is 24.4 Å². The number of hydrogen-bond acceptors (Lipinski definition) is 3. The van der Waals surface area contributed by atoms with Crippen LogP contribution in [0.5, 0.6) is 5.75 Å². The third-order valence-corrected chi connectivity index (χ3v) is 4.16. The molecule has 0 saturated carbocycles. The van der Waals surface area contributed by atoms with Crippen LogP contribution in [0.2, 0.25) is 0 Å². The Bertz CT molecular complexity index is 573. The third-order valence-electron chi connectivity index (χ3n) is 4.16. The van der Waals surface area contributed by atoms with Gasteiger partial charge in [0.1, 0.15) is 5.75 Å². The molecule has 2 heterocycles. The summed E-state index contributed by atoms with van der Waals surface area (Å²) in [5, 5.41) is 11.6. The van der Waals surface area contributed by atoms with Crippen LogP contribution in [0.4, 0.5) is 0 Å². The van der Waals surface area contributed by atoms with Gasteiger partial charge in [-0.25, -0.2) is 0 Å². The Morgan fingerprint density at radius 3 is 2.85 bits per heavy atom. The smallest absolute Gasteiger partial charge is 0.119 e. The molecular formula is C16H22N2O2. The minimum absolute atomic E-state index is 0.450. The Morgan fingerprint density at radius 1 is 1.30 bits per heavy atom. The molecule has 2 N–H and O–H groups in total. The van der Waals surface area contributed by atoms with E-state index in [2.05, 4.69) is 9.88 Å². The Balaban J connectivity index is 1.81. The first-order valence-electron chi connectivity index (χ1n) is 7.33. The molecule has 4 nitrogen and oxygen atoms in total. The fourth-order valence-corrected chi connectivity index (χ4v) is 3.01. The molecule has 4 heteroatoms. The lowest BCUT2D eigenvalue weighted by molar-refractivity contribution is 0.102. The lowest BCUT2D eigenvalue weighted by Crippen LogP contribution is -2.33. The van der Waals surface area contributed by atoms with Gasteiger partial charge >= 0.3 is 0 Å². The SMILES string of the molecule is COc1ccc2[nH]cc([C@H](O)CN3CCCCC3)c2c1. The highest BCUT2D eigenvalue weighted by atomic mass is 16.5. The largest absolute Gasteiger partial charge is 0.497 e. The molecule has 1 saturated heterocycles. The highest BCUT2D eigenvalue weighted by Gasteiger charge is 2.18. The first kappa shape index (κ1) is 13.5. The van der Waals surface area contributed by atoms with Crippen LogP contribution in [0.15, 0.2) is 24.4 Å². The number of benzene rings is 1. The molecule has 3 rings (SSSR count). The van der Waals surface area contributed by atoms with E-state index in [9.17, 15) is 5.11 Å². The van der Waals surface area contributed by atoms with Crippen LogP contribution in [-0.4, -0.2) is 41.7 Å². The van der Waals surface area contributed by atoms with E-state index in [1.54, 1.807) is 7.11 Å². The van der Waals surface area contributed by atoms with Crippen molar-refractivity contribution in [1.82, 2.24) is 9.88 Å². The topological polar surface area (TPSA) is 48.5 Å². The first-order chi connectivity index (χ1) is 9.78. The monoisotopic (exact) mass is 274 g/mol. The summed E-state index contributed by atoms with van der Waals surface area (Å²) < 4.78 is 5.27. The van der Waals surface area contributed by atoms with E-state index in [-0.39, 0.29) is 0 Å². The normalized spacial score (nSPS) is 18.3. The number of methoxy groups -OCH3 is 1. The van der Waals surface area contributed by atoms with E-state index in [0.29, 0.717) is 6.54 Å². The van der Waals surface area contributed by atoms with Gasteiger partial charge < -0.3 is 19.7 Å². The zero-order valence-corrected chi connectivity index (χ0v) is 11.9. The Kier molecular flexibility index (Phi) is 3.94. The Labute approximate surface area is 119 Å². The number of rotatable bonds is 4. The van der Waals surface area contributed by atoms with Crippen molar-refractivity contribution in [3.63, 3.8) is 0 Å². The molecule has 1 aliphatic rings. The molecule has 0 spiro atoms. The van der Waals surface area contributed by atoms with Crippen LogP contribution < -0.4 is 4.74 Å². The van der Waals surface area contributed by atoms with Crippen LogP contribution in [0.3, 0.4) is 0 Å². The van der Waals surface area contributed by atoms with Gasteiger partial charge in [0, 0.05) is 29.2 Å². The van der Waals surface area contributed by atoms with Crippen molar-refractivity contribution >= 4 is 10.9 Å². The van der Waals surface area contributed by atoms with Crippen LogP contribution in [0.1, 0.15) is 30.9 Å². The van der Waals surface area contributed by atoms with Gasteiger partial charge in [0.2, 0.25) is 0 Å². The Hall–Kier alpha value is -1.52. The summed E-state index contributed by atoms with van der Waals surface area (Å²) in [6, 6.07) is 5.91. The summed E-state index contributed by atoms with van der Waals surface area (Å²) in [6.07, 6.45) is 5.27. The van der Waals surface area contributed by atoms with Crippen molar-refractivity contribution in [3.05, 3.63) is 30.0 Å². The van der Waals surface area contributed by atoms with E-state index in [1.165, 1.54) is 19.3 Å². The lowest BCUT2D eigenvalue weighted by Gasteiger charge is -2.28. The second-order valence-electron chi connectivity index (χ2n) is 5.53. The molecular weight excluding hydrogens is 252 g/mol. The average Bonchev–Trinajstić information content (AvgIpc) is 2.91. The first-order valence-corrected chi connectivity index (χ1v) is 7.33. The molecule has 1 aliphatic heterocycles. The van der Waals surface area contributed by atoms with Crippen molar-refractivity contribution in [2.75, 3.05) is 26.7 Å². The number of nitrogens with zero attached hydrogens (tertiary/aromatic N) is 1. The maximum Gasteiger partial charge on any atom is 0.119 e. The molecule has 20 heavy (non-hydrogen) atoms. The predicted molar refractivity (Wildman–Crippen MR) is 80.1 cm³/mol. The third kappa shape index (κ3) is 2.67. The van der Waals surface area contributed by atoms with Crippen molar-refractivity contribution in [1.29, 1.82) is 0 Å². The molecule has 0 amide bonds. The van der Waals surface area contributed by atoms with Gasteiger partial charge in [-0.15, -0.1) is 0 Å². The number of likely N-dealkylation sites (tertiary alicyclic amines) is 1. The Morgan fingerprint density at radius 2 is 2.10 bits per heavy atom. The van der Waals surface area contributed by atoms with Crippen LogP contribution in [0, 0.1) is 0 Å². The molecule has 0 unspecified atom stereocenters. The second kappa shape index (κ2) is 5.85. The van der Waals surface area contributed by atoms with Gasteiger partial charge in [0.25, 0.3) is 0 Å². The lowest BCUT2D eigenvalue weighted by atomic mass is 10.1. The number of aromatic nitrogens is 1. The van der Waals surface area contributed by atoms with Gasteiger partial charge in [-0.2, -0.15) is 0 Å². The van der Waals surface area contributed by atoms with E-state index in [0.717, 1.165) is 35.3 Å². The molecule has 1 aromatic heterocycles. The summed E-state index contributed by atoms with van der Waals surface area (Å²) in [6.45, 7) is 2.91. The average molecular weight is 274 g/mol.